The summed E-state index contributed by atoms with van der Waals surface area (Å²) in [6.45, 7) is 0.753. The Morgan fingerprint density at radius 1 is 1.08 bits per heavy atom. The van der Waals surface area contributed by atoms with E-state index < -0.39 is 6.10 Å². The van der Waals surface area contributed by atoms with Gasteiger partial charge in [0.25, 0.3) is 0 Å². The fourth-order valence-electron chi connectivity index (χ4n) is 3.60. The van der Waals surface area contributed by atoms with Gasteiger partial charge < -0.3 is 14.4 Å². The Morgan fingerprint density at radius 3 is 2.69 bits per heavy atom. The van der Waals surface area contributed by atoms with Crippen molar-refractivity contribution in [2.45, 2.75) is 37.8 Å². The molecule has 4 nitrogen and oxygen atoms in total. The van der Waals surface area contributed by atoms with Gasteiger partial charge in [-0.05, 0) is 43.5 Å². The number of hydrogen-bond acceptors (Lipinski definition) is 3. The molecule has 1 N–H and O–H groups in total. The van der Waals surface area contributed by atoms with E-state index in [1.807, 2.05) is 48.5 Å². The fraction of sp³-hybridized carbons (Fsp3) is 0.318. The smallest absolute Gasteiger partial charge is 0.119 e. The molecule has 0 saturated heterocycles. The Morgan fingerprint density at radius 2 is 1.88 bits per heavy atom. The van der Waals surface area contributed by atoms with E-state index in [2.05, 4.69) is 22.8 Å². The van der Waals surface area contributed by atoms with Gasteiger partial charge in [0.05, 0.1) is 17.6 Å². The zero-order valence-corrected chi connectivity index (χ0v) is 14.8. The minimum absolute atomic E-state index is 0.264. The van der Waals surface area contributed by atoms with Crippen molar-refractivity contribution >= 4 is 11.0 Å². The zero-order valence-electron chi connectivity index (χ0n) is 14.8. The Hall–Kier alpha value is -2.59. The molecule has 0 aliphatic heterocycles. The zero-order chi connectivity index (χ0) is 17.8. The van der Waals surface area contributed by atoms with E-state index in [-0.39, 0.29) is 6.61 Å². The Balaban J connectivity index is 1.55. The second-order valence-corrected chi connectivity index (χ2v) is 6.83. The highest BCUT2D eigenvalue weighted by molar-refractivity contribution is 5.76. The van der Waals surface area contributed by atoms with Crippen LogP contribution < -0.4 is 4.74 Å². The third-order valence-electron chi connectivity index (χ3n) is 4.90. The molecular formula is C22H24N2O2. The predicted octanol–water partition coefficient (Wildman–Crippen LogP) is 4.30. The number of benzene rings is 2. The maximum absolute atomic E-state index is 10.6. The normalized spacial score (nSPS) is 18.1. The average molecular weight is 348 g/mol. The molecule has 2 atom stereocenters. The maximum atomic E-state index is 10.6. The lowest BCUT2D eigenvalue weighted by atomic mass is 9.93. The largest absolute Gasteiger partial charge is 0.491 e. The molecule has 26 heavy (non-hydrogen) atoms. The maximum Gasteiger partial charge on any atom is 0.119 e. The van der Waals surface area contributed by atoms with Crippen LogP contribution in [0.15, 0.2) is 66.7 Å². The van der Waals surface area contributed by atoms with Crippen LogP contribution in [0.4, 0.5) is 0 Å². The molecule has 134 valence electrons. The Kier molecular flexibility index (Phi) is 5.02. The van der Waals surface area contributed by atoms with Gasteiger partial charge in [-0.1, -0.05) is 42.5 Å². The van der Waals surface area contributed by atoms with Crippen molar-refractivity contribution in [3.05, 3.63) is 72.6 Å². The van der Waals surface area contributed by atoms with Gasteiger partial charge in [-0.2, -0.15) is 0 Å². The van der Waals surface area contributed by atoms with Crippen LogP contribution >= 0.6 is 0 Å². The minimum atomic E-state index is -0.592. The predicted molar refractivity (Wildman–Crippen MR) is 103 cm³/mol. The van der Waals surface area contributed by atoms with E-state index in [0.717, 1.165) is 41.9 Å². The summed E-state index contributed by atoms with van der Waals surface area (Å²) >= 11 is 0. The summed E-state index contributed by atoms with van der Waals surface area (Å²) in [7, 11) is 0. The van der Waals surface area contributed by atoms with Crippen molar-refractivity contribution in [2.24, 2.45) is 0 Å². The lowest BCUT2D eigenvalue weighted by Gasteiger charge is -2.21. The first-order chi connectivity index (χ1) is 12.8. The number of rotatable bonds is 6. The molecule has 0 saturated carbocycles. The monoisotopic (exact) mass is 348 g/mol. The molecule has 0 spiro atoms. The first-order valence-corrected chi connectivity index (χ1v) is 9.27. The number of aliphatic hydroxyl groups excluding tert-OH is 1. The van der Waals surface area contributed by atoms with Gasteiger partial charge in [0.15, 0.2) is 0 Å². The highest BCUT2D eigenvalue weighted by Gasteiger charge is 2.22. The molecule has 2 aromatic carbocycles. The quantitative estimate of drug-likeness (QED) is 0.676. The molecule has 0 radical (unpaired) electrons. The van der Waals surface area contributed by atoms with Crippen LogP contribution in [0.3, 0.4) is 0 Å². The van der Waals surface area contributed by atoms with Crippen LogP contribution in [0.5, 0.6) is 5.75 Å². The summed E-state index contributed by atoms with van der Waals surface area (Å²) in [6, 6.07) is 17.8. The van der Waals surface area contributed by atoms with Gasteiger partial charge in [0.1, 0.15) is 24.3 Å². The highest BCUT2D eigenvalue weighted by atomic mass is 16.5. The number of fused-ring (bicyclic) bond motifs is 1. The summed E-state index contributed by atoms with van der Waals surface area (Å²) < 4.78 is 7.90. The summed E-state index contributed by atoms with van der Waals surface area (Å²) in [6.07, 6.45) is 7.11. The van der Waals surface area contributed by atoms with E-state index in [1.165, 1.54) is 0 Å². The van der Waals surface area contributed by atoms with E-state index in [0.29, 0.717) is 12.5 Å². The van der Waals surface area contributed by atoms with Crippen LogP contribution in [-0.2, 0) is 6.54 Å². The molecule has 1 heterocycles. The van der Waals surface area contributed by atoms with E-state index in [9.17, 15) is 5.11 Å². The van der Waals surface area contributed by atoms with Crippen molar-refractivity contribution in [1.82, 2.24) is 9.55 Å². The second kappa shape index (κ2) is 7.75. The molecular weight excluding hydrogens is 324 g/mol. The molecule has 4 rings (SSSR count). The third kappa shape index (κ3) is 3.65. The van der Waals surface area contributed by atoms with Gasteiger partial charge in [-0.15, -0.1) is 0 Å². The van der Waals surface area contributed by atoms with Crippen LogP contribution in [0.2, 0.25) is 0 Å². The summed E-state index contributed by atoms with van der Waals surface area (Å²) in [4.78, 5) is 4.88. The van der Waals surface area contributed by atoms with E-state index in [4.69, 9.17) is 9.72 Å². The van der Waals surface area contributed by atoms with Crippen molar-refractivity contribution in [1.29, 1.82) is 0 Å². The van der Waals surface area contributed by atoms with Gasteiger partial charge in [0, 0.05) is 5.92 Å². The third-order valence-corrected chi connectivity index (χ3v) is 4.90. The van der Waals surface area contributed by atoms with Crippen LogP contribution in [0.25, 0.3) is 11.0 Å². The first-order valence-electron chi connectivity index (χ1n) is 9.27. The van der Waals surface area contributed by atoms with Crippen LogP contribution in [0.1, 0.15) is 31.0 Å². The molecule has 2 unspecified atom stereocenters. The van der Waals surface area contributed by atoms with Gasteiger partial charge in [0.2, 0.25) is 0 Å². The summed E-state index contributed by atoms with van der Waals surface area (Å²) in [5, 5.41) is 10.6. The summed E-state index contributed by atoms with van der Waals surface area (Å²) in [5.41, 5.74) is 2.07. The van der Waals surface area contributed by atoms with Crippen LogP contribution in [0, 0.1) is 0 Å². The van der Waals surface area contributed by atoms with E-state index >= 15 is 0 Å². The van der Waals surface area contributed by atoms with Crippen molar-refractivity contribution in [3.8, 4) is 5.75 Å². The molecule has 1 aliphatic carbocycles. The molecule has 4 heteroatoms. The molecule has 1 aromatic heterocycles. The topological polar surface area (TPSA) is 47.3 Å². The standard InChI is InChI=1S/C22H24N2O2/c25-18(16-26-19-11-5-2-6-12-19)15-24-21-14-8-7-13-20(21)23-22(24)17-9-3-1-4-10-17/h1-3,5-8,11-14,17-18,25H,4,9-10,15-16H2. The fourth-order valence-corrected chi connectivity index (χ4v) is 3.60. The van der Waals surface area contributed by atoms with Gasteiger partial charge in [-0.3, -0.25) is 0 Å². The second-order valence-electron chi connectivity index (χ2n) is 6.83. The number of allylic oxidation sites excluding steroid dienone is 2. The Bertz CT molecular complexity index is 886. The lowest BCUT2D eigenvalue weighted by molar-refractivity contribution is 0.0923. The SMILES string of the molecule is OC(COc1ccccc1)Cn1c(C2CC=CCC2)nc2ccccc21. The summed E-state index contributed by atoms with van der Waals surface area (Å²) in [5.74, 6) is 2.27. The lowest BCUT2D eigenvalue weighted by Crippen LogP contribution is -2.25. The van der Waals surface area contributed by atoms with Gasteiger partial charge in [-0.25, -0.2) is 4.98 Å². The van der Waals surface area contributed by atoms with Crippen molar-refractivity contribution in [3.63, 3.8) is 0 Å². The molecule has 0 fully saturated rings. The van der Waals surface area contributed by atoms with E-state index in [1.54, 1.807) is 0 Å². The molecule has 1 aliphatic rings. The molecule has 0 amide bonds. The van der Waals surface area contributed by atoms with Gasteiger partial charge >= 0.3 is 0 Å². The molecule has 0 bridgehead atoms. The van der Waals surface area contributed by atoms with Crippen molar-refractivity contribution < 1.29 is 9.84 Å². The molecule has 3 aromatic rings. The number of nitrogens with zero attached hydrogens (tertiary/aromatic N) is 2. The van der Waals surface area contributed by atoms with Crippen LogP contribution in [-0.4, -0.2) is 27.4 Å². The minimum Gasteiger partial charge on any atom is -0.491 e. The number of ether oxygens (including phenoxy) is 1. The average Bonchev–Trinajstić information content (AvgIpc) is 3.06. The number of para-hydroxylation sites is 3. The number of hydrogen-bond donors (Lipinski definition) is 1. The number of aromatic nitrogens is 2. The Labute approximate surface area is 153 Å². The number of imidazole rings is 1. The van der Waals surface area contributed by atoms with Crippen molar-refractivity contribution in [2.75, 3.05) is 6.61 Å². The first kappa shape index (κ1) is 16.9. The number of aliphatic hydroxyl groups is 1. The highest BCUT2D eigenvalue weighted by Crippen LogP contribution is 2.31.